The van der Waals surface area contributed by atoms with Gasteiger partial charge in [-0.15, -0.1) is 23.1 Å². The first-order valence-corrected chi connectivity index (χ1v) is 10.7. The van der Waals surface area contributed by atoms with E-state index in [0.717, 1.165) is 27.7 Å². The molecule has 0 spiro atoms. The molecule has 0 radical (unpaired) electrons. The highest BCUT2D eigenvalue weighted by atomic mass is 32.2. The number of benzene rings is 2. The highest BCUT2D eigenvalue weighted by Gasteiger charge is 2.03. The van der Waals surface area contributed by atoms with Crippen molar-refractivity contribution in [1.82, 2.24) is 4.98 Å². The van der Waals surface area contributed by atoms with Crippen LogP contribution < -0.4 is 5.43 Å². The van der Waals surface area contributed by atoms with Gasteiger partial charge in [-0.1, -0.05) is 68.3 Å². The van der Waals surface area contributed by atoms with Gasteiger partial charge in [0.1, 0.15) is 0 Å². The van der Waals surface area contributed by atoms with E-state index in [-0.39, 0.29) is 0 Å². The smallest absolute Gasteiger partial charge is 0.203 e. The Morgan fingerprint density at radius 3 is 2.73 bits per heavy atom. The number of unbranched alkanes of at least 4 members (excludes halogenated alkanes) is 2. The molecule has 0 fully saturated rings. The number of thioether (sulfide) groups is 1. The lowest BCUT2D eigenvalue weighted by atomic mass is 10.2. The summed E-state index contributed by atoms with van der Waals surface area (Å²) in [6.07, 6.45) is 5.68. The quantitative estimate of drug-likeness (QED) is 0.198. The van der Waals surface area contributed by atoms with E-state index < -0.39 is 0 Å². The van der Waals surface area contributed by atoms with Crippen molar-refractivity contribution in [1.29, 1.82) is 0 Å². The van der Waals surface area contributed by atoms with Crippen molar-refractivity contribution in [2.45, 2.75) is 31.1 Å². The number of nitrogens with zero attached hydrogens (tertiary/aromatic N) is 2. The Morgan fingerprint density at radius 2 is 1.88 bits per heavy atom. The Balaban J connectivity index is 1.60. The summed E-state index contributed by atoms with van der Waals surface area (Å²) in [6.45, 7) is 2.23. The van der Waals surface area contributed by atoms with Crippen LogP contribution in [-0.2, 0) is 0 Å². The summed E-state index contributed by atoms with van der Waals surface area (Å²) in [5.41, 5.74) is 6.29. The first-order valence-electron chi connectivity index (χ1n) is 8.88. The van der Waals surface area contributed by atoms with Crippen molar-refractivity contribution < 1.29 is 0 Å². The largest absolute Gasteiger partial charge is 0.253 e. The van der Waals surface area contributed by atoms with E-state index in [2.05, 4.69) is 52.8 Å². The lowest BCUT2D eigenvalue weighted by Crippen LogP contribution is -1.92. The molecule has 0 saturated carbocycles. The molecule has 0 amide bonds. The van der Waals surface area contributed by atoms with Crippen LogP contribution in [0, 0.1) is 0 Å². The van der Waals surface area contributed by atoms with Crippen molar-refractivity contribution >= 4 is 34.4 Å². The van der Waals surface area contributed by atoms with Gasteiger partial charge in [0, 0.05) is 21.4 Å². The fraction of sp³-hybridized carbons (Fsp3) is 0.238. The Labute approximate surface area is 163 Å². The summed E-state index contributed by atoms with van der Waals surface area (Å²) in [4.78, 5) is 5.87. The van der Waals surface area contributed by atoms with Gasteiger partial charge < -0.3 is 0 Å². The molecule has 5 heteroatoms. The van der Waals surface area contributed by atoms with Crippen molar-refractivity contribution in [3.8, 4) is 11.3 Å². The van der Waals surface area contributed by atoms with Crippen LogP contribution in [0.15, 0.2) is 70.0 Å². The molecule has 0 unspecified atom stereocenters. The van der Waals surface area contributed by atoms with Gasteiger partial charge in [0.2, 0.25) is 5.13 Å². The number of hydrogen-bond donors (Lipinski definition) is 1. The van der Waals surface area contributed by atoms with Crippen LogP contribution in [0.3, 0.4) is 0 Å². The molecule has 3 rings (SSSR count). The van der Waals surface area contributed by atoms with E-state index >= 15 is 0 Å². The number of hydrogen-bond acceptors (Lipinski definition) is 5. The first kappa shape index (κ1) is 18.7. The molecule has 134 valence electrons. The molecular weight excluding hydrogens is 358 g/mol. The molecule has 0 bridgehead atoms. The SMILES string of the molecule is CCCCCSc1ccccc1C=NNc1nc(-c2ccccc2)cs1. The Morgan fingerprint density at radius 1 is 1.08 bits per heavy atom. The highest BCUT2D eigenvalue weighted by molar-refractivity contribution is 7.99. The topological polar surface area (TPSA) is 37.3 Å². The van der Waals surface area contributed by atoms with E-state index in [1.54, 1.807) is 11.3 Å². The average Bonchev–Trinajstić information content (AvgIpc) is 3.16. The molecule has 0 aliphatic rings. The van der Waals surface area contributed by atoms with E-state index in [1.165, 1.54) is 24.2 Å². The zero-order valence-electron chi connectivity index (χ0n) is 14.9. The third-order valence-corrected chi connectivity index (χ3v) is 5.78. The zero-order valence-corrected chi connectivity index (χ0v) is 16.5. The third-order valence-electron chi connectivity index (χ3n) is 3.86. The van der Waals surface area contributed by atoms with Crippen LogP contribution >= 0.6 is 23.1 Å². The van der Waals surface area contributed by atoms with Gasteiger partial charge in [0.15, 0.2) is 0 Å². The second kappa shape index (κ2) is 10.1. The van der Waals surface area contributed by atoms with Gasteiger partial charge >= 0.3 is 0 Å². The number of aromatic nitrogens is 1. The van der Waals surface area contributed by atoms with Crippen LogP contribution in [0.2, 0.25) is 0 Å². The molecule has 0 atom stereocenters. The Bertz CT molecular complexity index is 828. The molecule has 3 aromatic rings. The van der Waals surface area contributed by atoms with E-state index in [9.17, 15) is 0 Å². The minimum atomic E-state index is 0.799. The molecule has 3 nitrogen and oxygen atoms in total. The minimum absolute atomic E-state index is 0.799. The fourth-order valence-corrected chi connectivity index (χ4v) is 4.18. The van der Waals surface area contributed by atoms with Gasteiger partial charge in [-0.2, -0.15) is 5.10 Å². The van der Waals surface area contributed by atoms with Crippen LogP contribution in [0.1, 0.15) is 31.7 Å². The van der Waals surface area contributed by atoms with Crippen LogP contribution in [0.4, 0.5) is 5.13 Å². The van der Waals surface area contributed by atoms with Crippen molar-refractivity contribution in [2.24, 2.45) is 5.10 Å². The standard InChI is InChI=1S/C21H23N3S2/c1-2-3-9-14-25-20-13-8-7-12-18(20)15-22-24-21-23-19(16-26-21)17-10-5-4-6-11-17/h4-8,10-13,15-16H,2-3,9,14H2,1H3,(H,23,24). The van der Waals surface area contributed by atoms with E-state index in [0.29, 0.717) is 0 Å². The normalized spacial score (nSPS) is 11.1. The fourth-order valence-electron chi connectivity index (χ4n) is 2.48. The molecule has 0 aliphatic heterocycles. The Kier molecular flexibility index (Phi) is 7.28. The average molecular weight is 382 g/mol. The van der Waals surface area contributed by atoms with Gasteiger partial charge in [0.05, 0.1) is 11.9 Å². The number of hydrazone groups is 1. The van der Waals surface area contributed by atoms with Gasteiger partial charge in [-0.05, 0) is 18.2 Å². The summed E-state index contributed by atoms with van der Waals surface area (Å²) in [7, 11) is 0. The molecule has 1 heterocycles. The second-order valence-electron chi connectivity index (χ2n) is 5.87. The molecular formula is C21H23N3S2. The lowest BCUT2D eigenvalue weighted by molar-refractivity contribution is 0.778. The minimum Gasteiger partial charge on any atom is -0.253 e. The maximum atomic E-state index is 4.59. The van der Waals surface area contributed by atoms with E-state index in [4.69, 9.17) is 0 Å². The summed E-state index contributed by atoms with van der Waals surface area (Å²) in [5, 5.41) is 7.23. The zero-order chi connectivity index (χ0) is 18.0. The summed E-state index contributed by atoms with van der Waals surface area (Å²) >= 11 is 3.46. The molecule has 1 aromatic heterocycles. The van der Waals surface area contributed by atoms with Crippen LogP contribution in [-0.4, -0.2) is 17.0 Å². The van der Waals surface area contributed by atoms with Crippen molar-refractivity contribution in [2.75, 3.05) is 11.2 Å². The van der Waals surface area contributed by atoms with Crippen molar-refractivity contribution in [3.63, 3.8) is 0 Å². The summed E-state index contributed by atoms with van der Waals surface area (Å²) in [5.74, 6) is 1.15. The molecule has 0 aliphatic carbocycles. The highest BCUT2D eigenvalue weighted by Crippen LogP contribution is 2.25. The second-order valence-corrected chi connectivity index (χ2v) is 7.86. The molecule has 26 heavy (non-hydrogen) atoms. The summed E-state index contributed by atoms with van der Waals surface area (Å²) in [6, 6.07) is 18.6. The Hall–Kier alpha value is -2.11. The molecule has 2 aromatic carbocycles. The molecule has 0 saturated heterocycles. The predicted octanol–water partition coefficient (Wildman–Crippen LogP) is 6.54. The maximum absolute atomic E-state index is 4.59. The number of nitrogens with one attached hydrogen (secondary N) is 1. The monoisotopic (exact) mass is 381 g/mol. The van der Waals surface area contributed by atoms with Crippen molar-refractivity contribution in [3.05, 3.63) is 65.5 Å². The van der Waals surface area contributed by atoms with Crippen LogP contribution in [0.5, 0.6) is 0 Å². The lowest BCUT2D eigenvalue weighted by Gasteiger charge is -2.05. The number of rotatable bonds is 9. The first-order chi connectivity index (χ1) is 12.9. The predicted molar refractivity (Wildman–Crippen MR) is 115 cm³/mol. The van der Waals surface area contributed by atoms with Gasteiger partial charge in [-0.25, -0.2) is 4.98 Å². The van der Waals surface area contributed by atoms with Gasteiger partial charge in [-0.3, -0.25) is 5.43 Å². The molecule has 1 N–H and O–H groups in total. The third kappa shape index (κ3) is 5.44. The maximum Gasteiger partial charge on any atom is 0.203 e. The number of anilines is 1. The van der Waals surface area contributed by atoms with Gasteiger partial charge in [0.25, 0.3) is 0 Å². The van der Waals surface area contributed by atoms with Crippen LogP contribution in [0.25, 0.3) is 11.3 Å². The summed E-state index contributed by atoms with van der Waals surface area (Å²) < 4.78 is 0. The number of thiazole rings is 1. The van der Waals surface area contributed by atoms with E-state index in [1.807, 2.05) is 47.6 Å².